The standard InChI is InChI=1S/C18H16N4O2.C5H14N2/c19-16-3-1-2-4-17(16)21-18(24)15-7-5-13(6-8-15)10-22-11-14(12-23)9-20-22;1-6-4-5-7(2)3/h1-9,11-12H,10,19H2,(H,21,24);6H,4-5H2,1-3H3. The van der Waals surface area contributed by atoms with Gasteiger partial charge in [-0.25, -0.2) is 0 Å². The summed E-state index contributed by atoms with van der Waals surface area (Å²) in [6.45, 7) is 2.73. The van der Waals surface area contributed by atoms with Gasteiger partial charge in [-0.1, -0.05) is 24.3 Å². The number of nitrogens with two attached hydrogens (primary N) is 1. The van der Waals surface area contributed by atoms with Crippen LogP contribution in [0.1, 0.15) is 26.3 Å². The molecule has 0 unspecified atom stereocenters. The zero-order valence-electron chi connectivity index (χ0n) is 18.2. The van der Waals surface area contributed by atoms with Crippen molar-refractivity contribution in [2.75, 3.05) is 45.3 Å². The zero-order valence-corrected chi connectivity index (χ0v) is 18.2. The Labute approximate surface area is 183 Å². The number of aldehydes is 1. The van der Waals surface area contributed by atoms with Crippen molar-refractivity contribution in [2.24, 2.45) is 0 Å². The molecule has 0 atom stereocenters. The van der Waals surface area contributed by atoms with Crippen LogP contribution in [-0.2, 0) is 6.54 Å². The summed E-state index contributed by atoms with van der Waals surface area (Å²) in [5.41, 5.74) is 8.98. The lowest BCUT2D eigenvalue weighted by Crippen LogP contribution is -2.23. The molecule has 0 radical (unpaired) electrons. The van der Waals surface area contributed by atoms with Crippen LogP contribution in [0.15, 0.2) is 60.9 Å². The third kappa shape index (κ3) is 8.04. The van der Waals surface area contributed by atoms with E-state index >= 15 is 0 Å². The van der Waals surface area contributed by atoms with Crippen molar-refractivity contribution in [3.63, 3.8) is 0 Å². The quantitative estimate of drug-likeness (QED) is 0.380. The van der Waals surface area contributed by atoms with Gasteiger partial charge in [-0.3, -0.25) is 14.3 Å². The van der Waals surface area contributed by atoms with Gasteiger partial charge in [0, 0.05) is 24.8 Å². The third-order valence-corrected chi connectivity index (χ3v) is 4.37. The van der Waals surface area contributed by atoms with Gasteiger partial charge in [-0.2, -0.15) is 5.10 Å². The molecule has 0 bridgehead atoms. The van der Waals surface area contributed by atoms with Crippen molar-refractivity contribution in [1.82, 2.24) is 20.0 Å². The van der Waals surface area contributed by atoms with Crippen LogP contribution in [0.25, 0.3) is 0 Å². The van der Waals surface area contributed by atoms with E-state index in [9.17, 15) is 9.59 Å². The summed E-state index contributed by atoms with van der Waals surface area (Å²) in [4.78, 5) is 25.1. The lowest BCUT2D eigenvalue weighted by Gasteiger charge is -2.08. The van der Waals surface area contributed by atoms with E-state index in [-0.39, 0.29) is 5.91 Å². The van der Waals surface area contributed by atoms with Gasteiger partial charge in [-0.05, 0) is 51.0 Å². The predicted molar refractivity (Wildman–Crippen MR) is 124 cm³/mol. The molecule has 1 amide bonds. The lowest BCUT2D eigenvalue weighted by molar-refractivity contribution is 0.102. The highest BCUT2D eigenvalue weighted by atomic mass is 16.1. The summed E-state index contributed by atoms with van der Waals surface area (Å²) in [5, 5.41) is 9.94. The molecule has 1 aromatic heterocycles. The maximum absolute atomic E-state index is 12.3. The van der Waals surface area contributed by atoms with E-state index in [1.54, 1.807) is 35.1 Å². The van der Waals surface area contributed by atoms with Crippen molar-refractivity contribution >= 4 is 23.6 Å². The highest BCUT2D eigenvalue weighted by molar-refractivity contribution is 6.05. The first-order valence-electron chi connectivity index (χ1n) is 9.94. The van der Waals surface area contributed by atoms with Crippen molar-refractivity contribution in [1.29, 1.82) is 0 Å². The number of rotatable bonds is 8. The molecular formula is C23H30N6O2. The van der Waals surface area contributed by atoms with E-state index in [4.69, 9.17) is 5.73 Å². The Morgan fingerprint density at radius 1 is 1.16 bits per heavy atom. The van der Waals surface area contributed by atoms with Gasteiger partial charge < -0.3 is 21.3 Å². The Bertz CT molecular complexity index is 966. The van der Waals surface area contributed by atoms with Gasteiger partial charge >= 0.3 is 0 Å². The normalized spacial score (nSPS) is 10.3. The van der Waals surface area contributed by atoms with Crippen LogP contribution in [0.4, 0.5) is 11.4 Å². The Kier molecular flexibility index (Phi) is 9.41. The highest BCUT2D eigenvalue weighted by Gasteiger charge is 2.08. The van der Waals surface area contributed by atoms with Gasteiger partial charge in [0.1, 0.15) is 0 Å². The van der Waals surface area contributed by atoms with Crippen molar-refractivity contribution in [3.05, 3.63) is 77.6 Å². The van der Waals surface area contributed by atoms with Crippen molar-refractivity contribution < 1.29 is 9.59 Å². The van der Waals surface area contributed by atoms with Crippen LogP contribution in [-0.4, -0.2) is 61.1 Å². The summed E-state index contributed by atoms with van der Waals surface area (Å²) in [5.74, 6) is -0.221. The topological polar surface area (TPSA) is 105 Å². The minimum atomic E-state index is -0.221. The number of anilines is 2. The molecule has 0 aliphatic heterocycles. The number of carbonyl (C=O) groups is 2. The number of hydrogen-bond donors (Lipinski definition) is 3. The maximum Gasteiger partial charge on any atom is 0.255 e. The number of amides is 1. The fourth-order valence-corrected chi connectivity index (χ4v) is 2.62. The fraction of sp³-hybridized carbons (Fsp3) is 0.261. The van der Waals surface area contributed by atoms with Crippen LogP contribution in [0.3, 0.4) is 0 Å². The predicted octanol–water partition coefficient (Wildman–Crippen LogP) is 2.35. The Morgan fingerprint density at radius 3 is 2.42 bits per heavy atom. The van der Waals surface area contributed by atoms with Gasteiger partial charge in [0.15, 0.2) is 6.29 Å². The second-order valence-corrected chi connectivity index (χ2v) is 7.23. The molecule has 164 valence electrons. The molecule has 0 aliphatic carbocycles. The largest absolute Gasteiger partial charge is 0.397 e. The van der Waals surface area contributed by atoms with Crippen LogP contribution < -0.4 is 16.4 Å². The molecule has 4 N–H and O–H groups in total. The summed E-state index contributed by atoms with van der Waals surface area (Å²) in [6, 6.07) is 14.3. The molecule has 0 saturated heterocycles. The number of nitrogens with zero attached hydrogens (tertiary/aromatic N) is 3. The smallest absolute Gasteiger partial charge is 0.255 e. The van der Waals surface area contributed by atoms with E-state index in [0.29, 0.717) is 29.0 Å². The number of carbonyl (C=O) groups excluding carboxylic acids is 2. The molecule has 0 saturated carbocycles. The summed E-state index contributed by atoms with van der Waals surface area (Å²) < 4.78 is 1.67. The second kappa shape index (κ2) is 12.3. The first-order valence-corrected chi connectivity index (χ1v) is 9.94. The molecule has 2 aromatic carbocycles. The number of aromatic nitrogens is 2. The highest BCUT2D eigenvalue weighted by Crippen LogP contribution is 2.18. The molecule has 3 rings (SSSR count). The Balaban J connectivity index is 0.000000423. The van der Waals surface area contributed by atoms with E-state index in [2.05, 4.69) is 34.7 Å². The fourth-order valence-electron chi connectivity index (χ4n) is 2.62. The van der Waals surface area contributed by atoms with E-state index < -0.39 is 0 Å². The number of nitrogen functional groups attached to an aromatic ring is 1. The molecule has 0 fully saturated rings. The number of hydrogen-bond acceptors (Lipinski definition) is 6. The lowest BCUT2D eigenvalue weighted by atomic mass is 10.1. The molecular weight excluding hydrogens is 392 g/mol. The van der Waals surface area contributed by atoms with Gasteiger partial charge in [0.25, 0.3) is 5.91 Å². The number of benzene rings is 2. The van der Waals surface area contributed by atoms with Gasteiger partial charge in [0.2, 0.25) is 0 Å². The summed E-state index contributed by atoms with van der Waals surface area (Å²) >= 11 is 0. The van der Waals surface area contributed by atoms with Gasteiger partial charge in [0.05, 0.1) is 29.7 Å². The van der Waals surface area contributed by atoms with Crippen molar-refractivity contribution in [3.8, 4) is 0 Å². The Hall–Kier alpha value is -3.49. The maximum atomic E-state index is 12.3. The van der Waals surface area contributed by atoms with E-state index in [1.165, 1.54) is 6.20 Å². The molecule has 1 heterocycles. The molecule has 0 spiro atoms. The van der Waals surface area contributed by atoms with Crippen LogP contribution in [0, 0.1) is 0 Å². The average molecular weight is 423 g/mol. The van der Waals surface area contributed by atoms with Crippen LogP contribution in [0.2, 0.25) is 0 Å². The monoisotopic (exact) mass is 422 g/mol. The van der Waals surface area contributed by atoms with Gasteiger partial charge in [-0.15, -0.1) is 0 Å². The van der Waals surface area contributed by atoms with E-state index in [0.717, 1.165) is 24.9 Å². The number of likely N-dealkylation sites (N-methyl/N-ethyl adjacent to an activating group) is 2. The van der Waals surface area contributed by atoms with Crippen LogP contribution in [0.5, 0.6) is 0 Å². The molecule has 0 aliphatic rings. The van der Waals surface area contributed by atoms with E-state index in [1.807, 2.05) is 31.3 Å². The van der Waals surface area contributed by atoms with Crippen molar-refractivity contribution in [2.45, 2.75) is 6.54 Å². The summed E-state index contributed by atoms with van der Waals surface area (Å²) in [7, 11) is 6.10. The zero-order chi connectivity index (χ0) is 22.6. The minimum Gasteiger partial charge on any atom is -0.397 e. The number of nitrogens with one attached hydrogen (secondary N) is 2. The minimum absolute atomic E-state index is 0.221. The molecule has 3 aromatic rings. The average Bonchev–Trinajstić information content (AvgIpc) is 3.22. The third-order valence-electron chi connectivity index (χ3n) is 4.37. The number of para-hydroxylation sites is 2. The first kappa shape index (κ1) is 23.8. The molecule has 31 heavy (non-hydrogen) atoms. The SMILES string of the molecule is CNCCN(C)C.Nc1ccccc1NC(=O)c1ccc(Cn2cc(C=O)cn2)cc1. The molecule has 8 nitrogen and oxygen atoms in total. The molecule has 8 heteroatoms. The van der Waals surface area contributed by atoms with Crippen LogP contribution >= 0.6 is 0 Å². The Morgan fingerprint density at radius 2 is 1.87 bits per heavy atom. The first-order chi connectivity index (χ1) is 14.9. The second-order valence-electron chi connectivity index (χ2n) is 7.23. The summed E-state index contributed by atoms with van der Waals surface area (Å²) in [6.07, 6.45) is 3.94.